The molecule has 0 aliphatic heterocycles. The molecule has 0 saturated carbocycles. The Morgan fingerprint density at radius 2 is 0.759 bits per heavy atom. The Bertz CT molecular complexity index is 3740. The van der Waals surface area contributed by atoms with Crippen LogP contribution in [-0.2, 0) is 5.41 Å². The van der Waals surface area contributed by atoms with E-state index in [9.17, 15) is 0 Å². The Labute approximate surface area is 558 Å². The predicted molar refractivity (Wildman–Crippen MR) is 389 cm³/mol. The molecule has 0 aromatic heterocycles. The van der Waals surface area contributed by atoms with Crippen molar-refractivity contribution in [3.63, 3.8) is 0 Å². The number of aryl methyl sites for hydroxylation is 10. The van der Waals surface area contributed by atoms with Gasteiger partial charge in [-0.1, -0.05) is 316 Å². The Morgan fingerprint density at radius 3 is 1.05 bits per heavy atom. The lowest BCUT2D eigenvalue weighted by atomic mass is 9.84. The molecule has 0 amide bonds. The zero-order valence-corrected chi connectivity index (χ0v) is 57.9. The molecule has 7 aromatic rings. The first-order chi connectivity index (χ1) is 49.1. The molecular formula is C81H128Si2. The van der Waals surface area contributed by atoms with Crippen LogP contribution in [0.3, 0.4) is 0 Å². The van der Waals surface area contributed by atoms with Crippen molar-refractivity contribution >= 4 is 16.1 Å². The average molecular weight is 1190 g/mol. The maximum Gasteiger partial charge on any atom is 0.0496 e. The van der Waals surface area contributed by atoms with Crippen LogP contribution < -0.4 is 0 Å². The third-order valence-corrected chi connectivity index (χ3v) is 15.5. The van der Waals surface area contributed by atoms with Crippen molar-refractivity contribution in [2.45, 2.75) is 259 Å². The summed E-state index contributed by atoms with van der Waals surface area (Å²) < 4.78 is 208. The molecule has 0 atom stereocenters. The van der Waals surface area contributed by atoms with Crippen molar-refractivity contribution in [3.05, 3.63) is 246 Å². The van der Waals surface area contributed by atoms with Gasteiger partial charge in [0.2, 0.25) is 0 Å². The van der Waals surface area contributed by atoms with Gasteiger partial charge in [0.1, 0.15) is 0 Å². The summed E-state index contributed by atoms with van der Waals surface area (Å²) in [6.07, 6.45) is 0. The van der Waals surface area contributed by atoms with Crippen LogP contribution in [0.25, 0.3) is 0 Å². The van der Waals surface area contributed by atoms with Gasteiger partial charge in [-0.25, -0.2) is 0 Å². The van der Waals surface area contributed by atoms with Crippen LogP contribution in [0.5, 0.6) is 0 Å². The van der Waals surface area contributed by atoms with Gasteiger partial charge in [0.05, 0.1) is 0 Å². The van der Waals surface area contributed by atoms with Crippen molar-refractivity contribution in [2.24, 2.45) is 0 Å². The van der Waals surface area contributed by atoms with Crippen LogP contribution >= 0.6 is 0 Å². The van der Waals surface area contributed by atoms with Gasteiger partial charge >= 0.3 is 0 Å². The normalized spacial score (nSPS) is 17.6. The lowest BCUT2D eigenvalue weighted by Gasteiger charge is -2.21. The second-order valence-electron chi connectivity index (χ2n) is 23.1. The molecule has 83 heavy (non-hydrogen) atoms. The van der Waals surface area contributed by atoms with E-state index in [0.29, 0.717) is 11.1 Å². The smallest absolute Gasteiger partial charge is 0.0496 e. The third kappa shape index (κ3) is 35.8. The molecule has 460 valence electrons. The van der Waals surface area contributed by atoms with Crippen LogP contribution in [0, 0.1) is 82.9 Å². The van der Waals surface area contributed by atoms with Crippen LogP contribution in [0.1, 0.15) is 253 Å². The molecule has 0 N–H and O–H groups in total. The van der Waals surface area contributed by atoms with E-state index >= 15 is 0 Å². The van der Waals surface area contributed by atoms with E-state index in [1.54, 1.807) is 32.0 Å². The quantitative estimate of drug-likeness (QED) is 0.140. The molecule has 0 radical (unpaired) electrons. The highest BCUT2D eigenvalue weighted by atomic mass is 28.3. The van der Waals surface area contributed by atoms with Crippen molar-refractivity contribution < 1.29 is 38.4 Å². The van der Waals surface area contributed by atoms with Crippen LogP contribution in [0.4, 0.5) is 0 Å². The summed E-state index contributed by atoms with van der Waals surface area (Å²) in [6.45, 7) is 30.9. The Kier molecular flexibility index (Phi) is 21.2. The van der Waals surface area contributed by atoms with Gasteiger partial charge in [0, 0.05) is 54.5 Å². The summed E-state index contributed by atoms with van der Waals surface area (Å²) >= 11 is 0. The molecule has 0 heterocycles. The van der Waals surface area contributed by atoms with Crippen molar-refractivity contribution in [1.29, 1.82) is 0 Å². The number of benzene rings is 7. The van der Waals surface area contributed by atoms with Crippen molar-refractivity contribution in [1.82, 2.24) is 0 Å². The molecule has 0 fully saturated rings. The van der Waals surface area contributed by atoms with Crippen molar-refractivity contribution in [2.75, 3.05) is 0 Å². The molecule has 0 bridgehead atoms. The second-order valence-corrected chi connectivity index (χ2v) is 29.9. The molecule has 7 aromatic carbocycles. The largest absolute Gasteiger partial charge is 0.0697 e. The van der Waals surface area contributed by atoms with Gasteiger partial charge < -0.3 is 0 Å². The molecule has 0 spiro atoms. The second kappa shape index (κ2) is 41.1. The van der Waals surface area contributed by atoms with Crippen LogP contribution in [-0.4, -0.2) is 16.1 Å². The van der Waals surface area contributed by atoms with Gasteiger partial charge in [-0.3, -0.25) is 0 Å². The van der Waals surface area contributed by atoms with Gasteiger partial charge in [0.25, 0.3) is 0 Å². The predicted octanol–water partition coefficient (Wildman–Crippen LogP) is 26.4. The zero-order chi connectivity index (χ0) is 88.5. The third-order valence-electron chi connectivity index (χ3n) is 13.0. The molecule has 0 saturated heterocycles. The first-order valence-corrected chi connectivity index (χ1v) is 34.0. The standard InChI is InChI=1S/C13H20.C11H16.3C10H14.2C8H10.C7H18Si.C4H12Si/c1-9(2)12-7-6-8-13(10(3)4)11(12)5;1-9-7-5-6-8-10(9)11(2,3)4;1-7-5-8(2)10(4)9(3)6-7;2*1-8(2)10-7-5-4-6-9(10)3;1-7-3-5-8(2)6-4-7;1-7-5-3-4-6-8(7)2;1-5-8(4,6-2)7-3;1-5(2,3)4/h6-10H,1-5H3;5-8H,1-4H3;5-6H,1-4H3;2*4-8H,1-3H3;2*3-6H,1-2H3;5-7H2,1-4H3;1-4H3/i9D,10D;2*2D3;2*8D;;1D3;1D3,5D2,6D2,7D2;1D3,2D3. The Balaban J connectivity index is 0. The highest BCUT2D eigenvalue weighted by Crippen LogP contribution is 2.27. The van der Waals surface area contributed by atoms with Gasteiger partial charge in [0.15, 0.2) is 0 Å². The zero-order valence-electron chi connectivity index (χ0n) is 83.9. The van der Waals surface area contributed by atoms with Gasteiger partial charge in [-0.05, 0) is 190 Å². The molecule has 0 unspecified atom stereocenters. The van der Waals surface area contributed by atoms with E-state index in [0.717, 1.165) is 81.6 Å². The minimum atomic E-state index is -4.08. The van der Waals surface area contributed by atoms with Gasteiger partial charge in [-0.15, -0.1) is 0 Å². The lowest BCUT2D eigenvalue weighted by Crippen LogP contribution is -2.25. The maximum absolute atomic E-state index is 8.05. The molecule has 0 nitrogen and oxygen atoms in total. The molecular weight excluding hydrogens is 1030 g/mol. The highest BCUT2D eigenvalue weighted by Gasteiger charge is 2.18. The van der Waals surface area contributed by atoms with Crippen molar-refractivity contribution in [3.8, 4) is 0 Å². The van der Waals surface area contributed by atoms with E-state index in [2.05, 4.69) is 38.1 Å². The summed E-state index contributed by atoms with van der Waals surface area (Å²) in [5.41, 5.74) is 16.2. The SMILES string of the molecule is Cc1ccc(C)cc1.[2H]C(C)(C)c1cccc(C([2H])(C)C)c1C.[2H]C(C)(C)c1ccccc1C.[2H]C(C)(C)c1ccccc1C.[2H]C([2H])([2H])C(C)(C)c1ccccc1C.[2H]C([2H])([2H])C([2H])([2H])[Si](C)(C([2H])([2H])C)C([2H])([2H])C.[2H]C([2H])([2H])[Si](C)(C)C([2H])([2H])[2H].[2H]C([2H])([2H])c1cc(C)cc(C)c1C.[2H]C([2H])([2H])c1ccccc1C. The average Bonchev–Trinajstić information content (AvgIpc) is 0.714. The van der Waals surface area contributed by atoms with Crippen LogP contribution in [0.2, 0.25) is 50.6 Å². The number of hydrogen-bond acceptors (Lipinski definition) is 0. The summed E-state index contributed by atoms with van der Waals surface area (Å²) in [4.78, 5) is 0. The molecule has 0 aliphatic rings. The Hall–Kier alpha value is -5.03. The minimum Gasteiger partial charge on any atom is -0.0697 e. The minimum absolute atomic E-state index is 0.444. The van der Waals surface area contributed by atoms with E-state index in [-0.39, 0.29) is 0 Å². The summed E-state index contributed by atoms with van der Waals surface area (Å²) in [7, 11) is -7.18. The number of hydrogen-bond donors (Lipinski definition) is 0. The monoisotopic (exact) mass is 1190 g/mol. The van der Waals surface area contributed by atoms with E-state index in [1.165, 1.54) is 35.3 Å². The molecule has 2 heteroatoms. The molecule has 7 rings (SSSR count). The summed E-state index contributed by atoms with van der Waals surface area (Å²) in [6, 6.07) is 48.9. The highest BCUT2D eigenvalue weighted by molar-refractivity contribution is 6.78. The number of rotatable bonds is 7. The van der Waals surface area contributed by atoms with E-state index < -0.39 is 103 Å². The van der Waals surface area contributed by atoms with E-state index in [4.69, 9.17) is 38.4 Å². The van der Waals surface area contributed by atoms with E-state index in [1.807, 2.05) is 220 Å². The Morgan fingerprint density at radius 1 is 0.398 bits per heavy atom. The summed E-state index contributed by atoms with van der Waals surface area (Å²) in [5, 5.41) is 0. The first kappa shape index (κ1) is 42.7. The molecule has 0 aliphatic carbocycles. The first-order valence-electron chi connectivity index (χ1n) is 42.5. The topological polar surface area (TPSA) is 0 Å². The maximum atomic E-state index is 8.05. The van der Waals surface area contributed by atoms with Crippen LogP contribution in [0.15, 0.2) is 152 Å². The fourth-order valence-corrected chi connectivity index (χ4v) is 8.26. The fraction of sp³-hybridized carbons (Fsp3) is 0.481. The lowest BCUT2D eigenvalue weighted by molar-refractivity contribution is 0.586. The van der Waals surface area contributed by atoms with Gasteiger partial charge in [-0.2, -0.15) is 0 Å². The fourth-order valence-electron chi connectivity index (χ4n) is 7.76. The summed E-state index contributed by atoms with van der Waals surface area (Å²) in [5.74, 6) is -9.35.